The SMILES string of the molecule is CC(C)(C)C1CC(N)(c2ccccc2Br)C1. The second kappa shape index (κ2) is 3.85. The maximum atomic E-state index is 6.48. The van der Waals surface area contributed by atoms with Crippen molar-refractivity contribution in [3.63, 3.8) is 0 Å². The van der Waals surface area contributed by atoms with Crippen molar-refractivity contribution in [1.82, 2.24) is 0 Å². The molecule has 2 N–H and O–H groups in total. The highest BCUT2D eigenvalue weighted by Crippen LogP contribution is 2.52. The Morgan fingerprint density at radius 3 is 2.31 bits per heavy atom. The lowest BCUT2D eigenvalue weighted by Gasteiger charge is -2.51. The van der Waals surface area contributed by atoms with Gasteiger partial charge in [0.2, 0.25) is 0 Å². The van der Waals surface area contributed by atoms with E-state index in [2.05, 4.69) is 54.9 Å². The molecule has 0 unspecified atom stereocenters. The minimum absolute atomic E-state index is 0.113. The van der Waals surface area contributed by atoms with E-state index in [1.807, 2.05) is 6.07 Å². The highest BCUT2D eigenvalue weighted by Gasteiger charge is 2.47. The first-order valence-corrected chi connectivity index (χ1v) is 6.66. The summed E-state index contributed by atoms with van der Waals surface area (Å²) < 4.78 is 1.14. The average Bonchev–Trinajstić information content (AvgIpc) is 2.12. The van der Waals surface area contributed by atoms with E-state index >= 15 is 0 Å². The van der Waals surface area contributed by atoms with Crippen molar-refractivity contribution in [3.8, 4) is 0 Å². The van der Waals surface area contributed by atoms with Crippen LogP contribution in [-0.2, 0) is 5.54 Å². The van der Waals surface area contributed by atoms with Gasteiger partial charge in [0, 0.05) is 10.0 Å². The zero-order valence-corrected chi connectivity index (χ0v) is 11.8. The van der Waals surface area contributed by atoms with Crippen LogP contribution in [0.1, 0.15) is 39.2 Å². The Bertz CT molecular complexity index is 386. The lowest BCUT2D eigenvalue weighted by molar-refractivity contribution is 0.0485. The summed E-state index contributed by atoms with van der Waals surface area (Å²) in [6.45, 7) is 6.91. The zero-order valence-electron chi connectivity index (χ0n) is 10.3. The summed E-state index contributed by atoms with van der Waals surface area (Å²) in [5, 5.41) is 0. The fourth-order valence-electron chi connectivity index (χ4n) is 2.52. The van der Waals surface area contributed by atoms with Crippen LogP contribution in [-0.4, -0.2) is 0 Å². The Hall–Kier alpha value is -0.340. The summed E-state index contributed by atoms with van der Waals surface area (Å²) in [7, 11) is 0. The maximum absolute atomic E-state index is 6.48. The first-order valence-electron chi connectivity index (χ1n) is 5.87. The van der Waals surface area contributed by atoms with Crippen LogP contribution in [0.4, 0.5) is 0 Å². The van der Waals surface area contributed by atoms with Crippen LogP contribution in [0.25, 0.3) is 0 Å². The molecule has 0 radical (unpaired) electrons. The second-order valence-corrected chi connectivity index (χ2v) is 6.96. The topological polar surface area (TPSA) is 26.0 Å². The van der Waals surface area contributed by atoms with E-state index in [1.165, 1.54) is 5.56 Å². The molecule has 0 bridgehead atoms. The van der Waals surface area contributed by atoms with Gasteiger partial charge < -0.3 is 5.73 Å². The number of rotatable bonds is 1. The third-order valence-electron chi connectivity index (χ3n) is 3.86. The van der Waals surface area contributed by atoms with Gasteiger partial charge in [0.1, 0.15) is 0 Å². The molecule has 1 aromatic carbocycles. The van der Waals surface area contributed by atoms with Crippen molar-refractivity contribution in [2.45, 2.75) is 39.2 Å². The van der Waals surface area contributed by atoms with E-state index in [-0.39, 0.29) is 5.54 Å². The zero-order chi connectivity index (χ0) is 12.0. The second-order valence-electron chi connectivity index (χ2n) is 6.11. The first-order chi connectivity index (χ1) is 7.33. The molecule has 0 amide bonds. The number of hydrogen-bond donors (Lipinski definition) is 1. The molecule has 1 aromatic rings. The smallest absolute Gasteiger partial charge is 0.0426 e. The molecule has 1 fully saturated rings. The van der Waals surface area contributed by atoms with Crippen molar-refractivity contribution < 1.29 is 0 Å². The van der Waals surface area contributed by atoms with Gasteiger partial charge in [-0.05, 0) is 35.8 Å². The van der Waals surface area contributed by atoms with Gasteiger partial charge in [0.05, 0.1) is 0 Å². The van der Waals surface area contributed by atoms with Gasteiger partial charge in [-0.3, -0.25) is 0 Å². The lowest BCUT2D eigenvalue weighted by Crippen LogP contribution is -2.52. The van der Waals surface area contributed by atoms with E-state index in [0.717, 1.165) is 23.2 Å². The Morgan fingerprint density at radius 1 is 1.25 bits per heavy atom. The van der Waals surface area contributed by atoms with Gasteiger partial charge in [0.25, 0.3) is 0 Å². The predicted molar refractivity (Wildman–Crippen MR) is 72.2 cm³/mol. The monoisotopic (exact) mass is 281 g/mol. The molecule has 1 saturated carbocycles. The third-order valence-corrected chi connectivity index (χ3v) is 4.55. The molecule has 1 aliphatic rings. The summed E-state index contributed by atoms with van der Waals surface area (Å²) in [6, 6.07) is 8.33. The highest BCUT2D eigenvalue weighted by atomic mass is 79.9. The quantitative estimate of drug-likeness (QED) is 0.826. The fourth-order valence-corrected chi connectivity index (χ4v) is 3.20. The summed E-state index contributed by atoms with van der Waals surface area (Å²) in [5.74, 6) is 0.740. The Balaban J connectivity index is 2.17. The third kappa shape index (κ3) is 2.05. The van der Waals surface area contributed by atoms with Crippen LogP contribution in [0.2, 0.25) is 0 Å². The normalized spacial score (nSPS) is 29.9. The van der Waals surface area contributed by atoms with Gasteiger partial charge in [-0.2, -0.15) is 0 Å². The highest BCUT2D eigenvalue weighted by molar-refractivity contribution is 9.10. The number of benzene rings is 1. The Labute approximate surface area is 107 Å². The fraction of sp³-hybridized carbons (Fsp3) is 0.571. The van der Waals surface area contributed by atoms with Crippen molar-refractivity contribution in [1.29, 1.82) is 0 Å². The molecule has 2 rings (SSSR count). The summed E-state index contributed by atoms with van der Waals surface area (Å²) in [4.78, 5) is 0. The van der Waals surface area contributed by atoms with E-state index < -0.39 is 0 Å². The van der Waals surface area contributed by atoms with Crippen molar-refractivity contribution in [2.24, 2.45) is 17.1 Å². The number of nitrogens with two attached hydrogens (primary N) is 1. The van der Waals surface area contributed by atoms with Crippen LogP contribution in [0.15, 0.2) is 28.7 Å². The van der Waals surface area contributed by atoms with E-state index in [9.17, 15) is 0 Å². The summed E-state index contributed by atoms with van der Waals surface area (Å²) >= 11 is 3.60. The molecule has 1 aliphatic carbocycles. The van der Waals surface area contributed by atoms with Crippen molar-refractivity contribution >= 4 is 15.9 Å². The predicted octanol–water partition coefficient (Wildman–Crippen LogP) is 4.06. The molecule has 16 heavy (non-hydrogen) atoms. The molecule has 0 spiro atoms. The Kier molecular flexibility index (Phi) is 2.92. The number of halogens is 1. The molecule has 0 atom stereocenters. The number of hydrogen-bond acceptors (Lipinski definition) is 1. The maximum Gasteiger partial charge on any atom is 0.0426 e. The molecular weight excluding hydrogens is 262 g/mol. The summed E-state index contributed by atoms with van der Waals surface area (Å²) in [5.41, 5.74) is 8.01. The molecule has 88 valence electrons. The first kappa shape index (κ1) is 12.1. The van der Waals surface area contributed by atoms with E-state index in [4.69, 9.17) is 5.73 Å². The Morgan fingerprint density at radius 2 is 1.81 bits per heavy atom. The molecule has 0 aromatic heterocycles. The van der Waals surface area contributed by atoms with E-state index in [1.54, 1.807) is 0 Å². The molecule has 0 saturated heterocycles. The lowest BCUT2D eigenvalue weighted by atomic mass is 9.57. The van der Waals surface area contributed by atoms with Gasteiger partial charge in [-0.25, -0.2) is 0 Å². The van der Waals surface area contributed by atoms with Crippen LogP contribution in [0, 0.1) is 11.3 Å². The molecule has 0 heterocycles. The van der Waals surface area contributed by atoms with Gasteiger partial charge in [-0.1, -0.05) is 54.9 Å². The molecule has 0 aliphatic heterocycles. The molecular formula is C14H20BrN. The van der Waals surface area contributed by atoms with Gasteiger partial charge >= 0.3 is 0 Å². The van der Waals surface area contributed by atoms with Crippen molar-refractivity contribution in [3.05, 3.63) is 34.3 Å². The van der Waals surface area contributed by atoms with Crippen LogP contribution < -0.4 is 5.73 Å². The summed E-state index contributed by atoms with van der Waals surface area (Å²) in [6.07, 6.45) is 2.19. The molecule has 1 nitrogen and oxygen atoms in total. The van der Waals surface area contributed by atoms with Gasteiger partial charge in [0.15, 0.2) is 0 Å². The van der Waals surface area contributed by atoms with E-state index in [0.29, 0.717) is 5.41 Å². The minimum Gasteiger partial charge on any atom is -0.321 e. The average molecular weight is 282 g/mol. The van der Waals surface area contributed by atoms with Gasteiger partial charge in [-0.15, -0.1) is 0 Å². The van der Waals surface area contributed by atoms with Crippen molar-refractivity contribution in [2.75, 3.05) is 0 Å². The van der Waals surface area contributed by atoms with Crippen LogP contribution in [0.3, 0.4) is 0 Å². The standard InChI is InChI=1S/C14H20BrN/c1-13(2,3)10-8-14(16,9-10)11-6-4-5-7-12(11)15/h4-7,10H,8-9,16H2,1-3H3. The van der Waals surface area contributed by atoms with Crippen LogP contribution >= 0.6 is 15.9 Å². The van der Waals surface area contributed by atoms with Crippen LogP contribution in [0.5, 0.6) is 0 Å². The minimum atomic E-state index is -0.113. The largest absolute Gasteiger partial charge is 0.321 e. The molecule has 2 heteroatoms.